The Kier molecular flexibility index (Phi) is 3.13. The van der Waals surface area contributed by atoms with Crippen LogP contribution in [0.15, 0.2) is 0 Å². The van der Waals surface area contributed by atoms with Gasteiger partial charge in [0.05, 0.1) is 5.60 Å². The van der Waals surface area contributed by atoms with Crippen molar-refractivity contribution in [3.05, 3.63) is 0 Å². The van der Waals surface area contributed by atoms with Crippen LogP contribution in [-0.4, -0.2) is 18.0 Å². The molecule has 2 aliphatic rings. The molecule has 1 aliphatic carbocycles. The van der Waals surface area contributed by atoms with Gasteiger partial charge in [-0.2, -0.15) is 0 Å². The highest BCUT2D eigenvalue weighted by Crippen LogP contribution is 2.45. The molecular weight excluding hydrogens is 200 g/mol. The molecule has 1 unspecified atom stereocenters. The number of Topliss-reactive ketones (excluding diaryl/α,β-unsaturated/α-hetero) is 1. The van der Waals surface area contributed by atoms with Crippen molar-refractivity contribution in [2.45, 2.75) is 64.9 Å². The fourth-order valence-electron chi connectivity index (χ4n) is 2.79. The largest absolute Gasteiger partial charge is 0.375 e. The van der Waals surface area contributed by atoms with Crippen LogP contribution in [0.4, 0.5) is 0 Å². The first kappa shape index (κ1) is 12.1. The maximum Gasteiger partial charge on any atom is 0.138 e. The van der Waals surface area contributed by atoms with Crippen molar-refractivity contribution in [3.63, 3.8) is 0 Å². The van der Waals surface area contributed by atoms with Crippen molar-refractivity contribution in [3.8, 4) is 0 Å². The molecule has 1 aliphatic heterocycles. The maximum absolute atomic E-state index is 12.0. The number of ether oxygens (including phenoxy) is 1. The number of carbonyl (C=O) groups is 1. The summed E-state index contributed by atoms with van der Waals surface area (Å²) in [7, 11) is 0. The molecule has 0 aromatic heterocycles. The van der Waals surface area contributed by atoms with Crippen molar-refractivity contribution in [2.75, 3.05) is 6.61 Å². The van der Waals surface area contributed by atoms with Crippen LogP contribution in [-0.2, 0) is 9.53 Å². The quantitative estimate of drug-likeness (QED) is 0.719. The van der Waals surface area contributed by atoms with Gasteiger partial charge in [-0.25, -0.2) is 0 Å². The SMILES string of the molecule is CC(C)(C)C(=O)CC1CCOC2(CCC2)C1. The summed E-state index contributed by atoms with van der Waals surface area (Å²) >= 11 is 0. The van der Waals surface area contributed by atoms with Gasteiger partial charge >= 0.3 is 0 Å². The Morgan fingerprint density at radius 2 is 2.06 bits per heavy atom. The summed E-state index contributed by atoms with van der Waals surface area (Å²) in [6.45, 7) is 6.93. The molecule has 2 rings (SSSR count). The zero-order valence-electron chi connectivity index (χ0n) is 10.8. The van der Waals surface area contributed by atoms with E-state index in [0.29, 0.717) is 11.7 Å². The van der Waals surface area contributed by atoms with E-state index in [9.17, 15) is 4.79 Å². The summed E-state index contributed by atoms with van der Waals surface area (Å²) < 4.78 is 5.89. The van der Waals surface area contributed by atoms with Crippen LogP contribution in [0.3, 0.4) is 0 Å². The van der Waals surface area contributed by atoms with Crippen LogP contribution in [0.5, 0.6) is 0 Å². The van der Waals surface area contributed by atoms with E-state index in [1.165, 1.54) is 19.3 Å². The van der Waals surface area contributed by atoms with Crippen molar-refractivity contribution in [2.24, 2.45) is 11.3 Å². The Labute approximate surface area is 98.7 Å². The zero-order chi connectivity index (χ0) is 11.8. The number of ketones is 1. The van der Waals surface area contributed by atoms with Gasteiger partial charge in [0.1, 0.15) is 5.78 Å². The summed E-state index contributed by atoms with van der Waals surface area (Å²) in [5.41, 5.74) is 0.00611. The highest BCUT2D eigenvalue weighted by molar-refractivity contribution is 5.83. The lowest BCUT2D eigenvalue weighted by atomic mass is 9.70. The fourth-order valence-corrected chi connectivity index (χ4v) is 2.79. The average Bonchev–Trinajstić information content (AvgIpc) is 2.14. The molecule has 92 valence electrons. The second kappa shape index (κ2) is 4.14. The van der Waals surface area contributed by atoms with Crippen molar-refractivity contribution < 1.29 is 9.53 Å². The number of rotatable bonds is 2. The third kappa shape index (κ3) is 2.48. The highest BCUT2D eigenvalue weighted by Gasteiger charge is 2.43. The van der Waals surface area contributed by atoms with Crippen molar-refractivity contribution in [1.29, 1.82) is 0 Å². The molecule has 2 nitrogen and oxygen atoms in total. The van der Waals surface area contributed by atoms with Crippen LogP contribution < -0.4 is 0 Å². The summed E-state index contributed by atoms with van der Waals surface area (Å²) in [6.07, 6.45) is 6.69. The second-order valence-electron chi connectivity index (χ2n) is 6.62. The normalized spacial score (nSPS) is 28.8. The van der Waals surface area contributed by atoms with Gasteiger partial charge in [-0.3, -0.25) is 4.79 Å². The first-order chi connectivity index (χ1) is 7.41. The van der Waals surface area contributed by atoms with Gasteiger partial charge in [0.25, 0.3) is 0 Å². The molecule has 2 heteroatoms. The van der Waals surface area contributed by atoms with E-state index in [-0.39, 0.29) is 11.0 Å². The van der Waals surface area contributed by atoms with E-state index < -0.39 is 0 Å². The fraction of sp³-hybridized carbons (Fsp3) is 0.929. The Bertz CT molecular complexity index is 271. The molecule has 1 saturated carbocycles. The minimum atomic E-state index is -0.176. The zero-order valence-corrected chi connectivity index (χ0v) is 10.8. The van der Waals surface area contributed by atoms with Crippen LogP contribution in [0.1, 0.15) is 59.3 Å². The molecule has 0 aromatic carbocycles. The average molecular weight is 224 g/mol. The topological polar surface area (TPSA) is 26.3 Å². The van der Waals surface area contributed by atoms with Gasteiger partial charge < -0.3 is 4.74 Å². The van der Waals surface area contributed by atoms with Crippen LogP contribution >= 0.6 is 0 Å². The molecule has 0 N–H and O–H groups in total. The van der Waals surface area contributed by atoms with E-state index in [4.69, 9.17) is 4.74 Å². The number of hydrogen-bond donors (Lipinski definition) is 0. The molecule has 1 saturated heterocycles. The smallest absolute Gasteiger partial charge is 0.138 e. The van der Waals surface area contributed by atoms with Gasteiger partial charge in [0.15, 0.2) is 0 Å². The maximum atomic E-state index is 12.0. The standard InChI is InChI=1S/C14H24O2/c1-13(2,3)12(15)9-11-5-8-16-14(10-11)6-4-7-14/h11H,4-10H2,1-3H3. The summed E-state index contributed by atoms with van der Waals surface area (Å²) in [6, 6.07) is 0. The lowest BCUT2D eigenvalue weighted by Crippen LogP contribution is -2.46. The number of hydrogen-bond acceptors (Lipinski definition) is 2. The predicted molar refractivity (Wildman–Crippen MR) is 64.3 cm³/mol. The molecule has 1 atom stereocenters. The third-order valence-electron chi connectivity index (χ3n) is 4.17. The van der Waals surface area contributed by atoms with Crippen molar-refractivity contribution >= 4 is 5.78 Å². The monoisotopic (exact) mass is 224 g/mol. The first-order valence-electron chi connectivity index (χ1n) is 6.59. The van der Waals surface area contributed by atoms with Crippen molar-refractivity contribution in [1.82, 2.24) is 0 Å². The van der Waals surface area contributed by atoms with E-state index >= 15 is 0 Å². The summed E-state index contributed by atoms with van der Waals surface area (Å²) in [5.74, 6) is 0.981. The highest BCUT2D eigenvalue weighted by atomic mass is 16.5. The van der Waals surface area contributed by atoms with Gasteiger partial charge in [-0.05, 0) is 38.0 Å². The molecule has 0 bridgehead atoms. The van der Waals surface area contributed by atoms with Gasteiger partial charge in [0.2, 0.25) is 0 Å². The van der Waals surface area contributed by atoms with Gasteiger partial charge in [0, 0.05) is 18.4 Å². The van der Waals surface area contributed by atoms with E-state index in [1.807, 2.05) is 20.8 Å². The van der Waals surface area contributed by atoms with Gasteiger partial charge in [-0.15, -0.1) is 0 Å². The molecule has 0 radical (unpaired) electrons. The van der Waals surface area contributed by atoms with Crippen LogP contribution in [0.2, 0.25) is 0 Å². The summed E-state index contributed by atoms with van der Waals surface area (Å²) in [4.78, 5) is 12.0. The molecule has 0 amide bonds. The molecule has 16 heavy (non-hydrogen) atoms. The molecule has 2 fully saturated rings. The molecule has 1 spiro atoms. The third-order valence-corrected chi connectivity index (χ3v) is 4.17. The second-order valence-corrected chi connectivity index (χ2v) is 6.62. The Morgan fingerprint density at radius 1 is 1.38 bits per heavy atom. The lowest BCUT2D eigenvalue weighted by Gasteiger charge is -2.47. The first-order valence-corrected chi connectivity index (χ1v) is 6.59. The van der Waals surface area contributed by atoms with Crippen LogP contribution in [0, 0.1) is 11.3 Å². The van der Waals surface area contributed by atoms with Gasteiger partial charge in [-0.1, -0.05) is 20.8 Å². The minimum absolute atomic E-state index is 0.176. The van der Waals surface area contributed by atoms with Crippen LogP contribution in [0.25, 0.3) is 0 Å². The van der Waals surface area contributed by atoms with E-state index in [1.54, 1.807) is 0 Å². The predicted octanol–water partition coefficient (Wildman–Crippen LogP) is 3.34. The molecule has 0 aromatic rings. The molecular formula is C14H24O2. The van der Waals surface area contributed by atoms with E-state index in [0.717, 1.165) is 25.9 Å². The Balaban J connectivity index is 1.88. The van der Waals surface area contributed by atoms with E-state index in [2.05, 4.69) is 0 Å². The Hall–Kier alpha value is -0.370. The minimum Gasteiger partial charge on any atom is -0.375 e. The summed E-state index contributed by atoms with van der Waals surface area (Å²) in [5, 5.41) is 0. The lowest BCUT2D eigenvalue weighted by molar-refractivity contribution is -0.149. The number of carbonyl (C=O) groups excluding carboxylic acids is 1. The Morgan fingerprint density at radius 3 is 2.56 bits per heavy atom. The molecule has 1 heterocycles.